The van der Waals surface area contributed by atoms with E-state index in [2.05, 4.69) is 10.1 Å². The fourth-order valence-corrected chi connectivity index (χ4v) is 3.57. The van der Waals surface area contributed by atoms with Gasteiger partial charge in [-0.15, -0.1) is 0 Å². The first-order valence-electron chi connectivity index (χ1n) is 8.25. The van der Waals surface area contributed by atoms with Crippen molar-refractivity contribution in [1.82, 2.24) is 14.6 Å². The molecule has 0 aliphatic carbocycles. The van der Waals surface area contributed by atoms with Crippen molar-refractivity contribution >= 4 is 28.5 Å². The Labute approximate surface area is 159 Å². The molecule has 0 radical (unpaired) electrons. The largest absolute Gasteiger partial charge is 0.506 e. The normalized spacial score (nSPS) is 12.4. The molecule has 0 saturated heterocycles. The summed E-state index contributed by atoms with van der Waals surface area (Å²) in [4.78, 5) is 9.38. The van der Waals surface area contributed by atoms with E-state index in [4.69, 9.17) is 21.3 Å². The van der Waals surface area contributed by atoms with Gasteiger partial charge in [-0.3, -0.25) is 0 Å². The maximum Gasteiger partial charge on any atom is 0.138 e. The van der Waals surface area contributed by atoms with Crippen LogP contribution in [0.4, 0.5) is 5.69 Å². The Morgan fingerprint density at radius 1 is 1.07 bits per heavy atom. The lowest BCUT2D eigenvalue weighted by Crippen LogP contribution is -2.05. The first kappa shape index (κ1) is 15.8. The van der Waals surface area contributed by atoms with E-state index in [1.807, 2.05) is 36.5 Å². The molecule has 1 aliphatic rings. The number of hydrogen-bond donors (Lipinski definition) is 1. The van der Waals surface area contributed by atoms with Crippen LogP contribution in [0.5, 0.6) is 11.5 Å². The number of para-hydroxylation sites is 1. The minimum Gasteiger partial charge on any atom is -0.506 e. The maximum absolute atomic E-state index is 10.3. The van der Waals surface area contributed by atoms with Gasteiger partial charge in [-0.05, 0) is 18.2 Å². The van der Waals surface area contributed by atoms with Crippen molar-refractivity contribution in [1.29, 1.82) is 0 Å². The van der Waals surface area contributed by atoms with Crippen molar-refractivity contribution in [2.75, 3.05) is 7.11 Å². The molecule has 6 nitrogen and oxygen atoms in total. The summed E-state index contributed by atoms with van der Waals surface area (Å²) >= 11 is 6.44. The molecule has 1 aliphatic heterocycles. The van der Waals surface area contributed by atoms with Gasteiger partial charge in [0.05, 0.1) is 23.5 Å². The number of aromatic nitrogens is 3. The number of phenolic OH excluding ortho intramolecular Hbond substituents is 1. The lowest BCUT2D eigenvalue weighted by Gasteiger charge is -2.11. The van der Waals surface area contributed by atoms with Crippen molar-refractivity contribution < 1.29 is 9.84 Å². The number of ether oxygens (including phenoxy) is 1. The zero-order chi connectivity index (χ0) is 18.5. The van der Waals surface area contributed by atoms with E-state index < -0.39 is 0 Å². The molecule has 0 bridgehead atoms. The molecule has 7 heteroatoms. The van der Waals surface area contributed by atoms with Crippen LogP contribution < -0.4 is 4.74 Å². The Kier molecular flexibility index (Phi) is 3.42. The molecule has 27 heavy (non-hydrogen) atoms. The van der Waals surface area contributed by atoms with E-state index in [9.17, 15) is 5.11 Å². The number of phenols is 1. The number of fused-ring (bicyclic) bond motifs is 2. The average Bonchev–Trinajstić information content (AvgIpc) is 3.06. The number of hydrogen-bond acceptors (Lipinski definition) is 5. The SMILES string of the molecule is COc1cc(O)c(Cl)c(C2=Nc3ccccc3-c3ncnn4ccc2c34)c1. The minimum absolute atomic E-state index is 0.0637. The Bertz CT molecular complexity index is 1250. The molecule has 0 fully saturated rings. The molecule has 132 valence electrons. The lowest BCUT2D eigenvalue weighted by molar-refractivity contribution is 0.407. The van der Waals surface area contributed by atoms with E-state index >= 15 is 0 Å². The Morgan fingerprint density at radius 3 is 2.78 bits per heavy atom. The predicted octanol–water partition coefficient (Wildman–Crippen LogP) is 4.25. The molecule has 5 rings (SSSR count). The first-order valence-corrected chi connectivity index (χ1v) is 8.63. The number of aromatic hydroxyl groups is 1. The summed E-state index contributed by atoms with van der Waals surface area (Å²) in [7, 11) is 1.54. The smallest absolute Gasteiger partial charge is 0.138 e. The van der Waals surface area contributed by atoms with Crippen LogP contribution in [-0.2, 0) is 0 Å². The Morgan fingerprint density at radius 2 is 1.93 bits per heavy atom. The molecular formula is C20H13ClN4O2. The zero-order valence-electron chi connectivity index (χ0n) is 14.2. The highest BCUT2D eigenvalue weighted by Gasteiger charge is 2.25. The van der Waals surface area contributed by atoms with Crippen LogP contribution in [0.1, 0.15) is 11.1 Å². The standard InChI is InChI=1S/C20H13ClN4O2/c1-27-11-8-14(17(21)16(26)9-11)18-13-6-7-25-20(13)19(22-10-23-25)12-4-2-3-5-15(12)24-18/h2-10,26H,1H3. The van der Waals surface area contributed by atoms with Crippen LogP contribution in [0.25, 0.3) is 16.8 Å². The Balaban J connectivity index is 1.91. The molecule has 2 aromatic heterocycles. The number of halogens is 1. The topological polar surface area (TPSA) is 72.0 Å². The molecule has 0 amide bonds. The maximum atomic E-state index is 10.3. The molecule has 2 aromatic carbocycles. The highest BCUT2D eigenvalue weighted by molar-refractivity contribution is 6.37. The summed E-state index contributed by atoms with van der Waals surface area (Å²) in [6, 6.07) is 12.9. The lowest BCUT2D eigenvalue weighted by atomic mass is 10.0. The van der Waals surface area contributed by atoms with Crippen molar-refractivity contribution in [3.8, 4) is 22.8 Å². The summed E-state index contributed by atoms with van der Waals surface area (Å²) in [5, 5.41) is 14.8. The highest BCUT2D eigenvalue weighted by Crippen LogP contribution is 2.40. The van der Waals surface area contributed by atoms with Gasteiger partial charge in [-0.25, -0.2) is 14.5 Å². The van der Waals surface area contributed by atoms with Crippen LogP contribution in [0.3, 0.4) is 0 Å². The zero-order valence-corrected chi connectivity index (χ0v) is 15.0. The van der Waals surface area contributed by atoms with Gasteiger partial charge in [-0.1, -0.05) is 29.8 Å². The van der Waals surface area contributed by atoms with Gasteiger partial charge in [0, 0.05) is 29.0 Å². The fourth-order valence-electron chi connectivity index (χ4n) is 3.37. The number of nitrogens with zero attached hydrogens (tertiary/aromatic N) is 4. The second kappa shape index (κ2) is 5.82. The van der Waals surface area contributed by atoms with E-state index in [0.29, 0.717) is 17.0 Å². The van der Waals surface area contributed by atoms with Crippen molar-refractivity contribution in [3.05, 3.63) is 71.1 Å². The average molecular weight is 377 g/mol. The molecule has 0 saturated carbocycles. The van der Waals surface area contributed by atoms with E-state index in [0.717, 1.165) is 28.0 Å². The van der Waals surface area contributed by atoms with Crippen LogP contribution >= 0.6 is 11.6 Å². The van der Waals surface area contributed by atoms with Gasteiger partial charge in [0.2, 0.25) is 0 Å². The van der Waals surface area contributed by atoms with Crippen molar-refractivity contribution in [2.24, 2.45) is 4.99 Å². The van der Waals surface area contributed by atoms with Crippen LogP contribution in [-0.4, -0.2) is 32.5 Å². The summed E-state index contributed by atoms with van der Waals surface area (Å²) < 4.78 is 7.07. The molecule has 0 atom stereocenters. The fraction of sp³-hybridized carbons (Fsp3) is 0.0500. The second-order valence-corrected chi connectivity index (χ2v) is 6.49. The van der Waals surface area contributed by atoms with E-state index in [1.54, 1.807) is 10.6 Å². The van der Waals surface area contributed by atoms with Crippen LogP contribution in [0.2, 0.25) is 5.02 Å². The number of rotatable bonds is 2. The van der Waals surface area contributed by atoms with E-state index in [-0.39, 0.29) is 10.8 Å². The molecular weight excluding hydrogens is 364 g/mol. The van der Waals surface area contributed by atoms with E-state index in [1.165, 1.54) is 19.5 Å². The molecule has 0 spiro atoms. The minimum atomic E-state index is -0.0637. The molecule has 3 heterocycles. The van der Waals surface area contributed by atoms with Gasteiger partial charge >= 0.3 is 0 Å². The number of aliphatic imine (C=N–C) groups is 1. The third kappa shape index (κ3) is 2.30. The highest BCUT2D eigenvalue weighted by atomic mass is 35.5. The first-order chi connectivity index (χ1) is 13.2. The third-order valence-electron chi connectivity index (χ3n) is 4.62. The summed E-state index contributed by atoms with van der Waals surface area (Å²) in [6.45, 7) is 0. The Hall–Kier alpha value is -3.38. The van der Waals surface area contributed by atoms with Crippen molar-refractivity contribution in [3.63, 3.8) is 0 Å². The molecule has 1 N–H and O–H groups in total. The van der Waals surface area contributed by atoms with Gasteiger partial charge < -0.3 is 9.84 Å². The second-order valence-electron chi connectivity index (χ2n) is 6.12. The van der Waals surface area contributed by atoms with Crippen LogP contribution in [0.15, 0.2) is 60.0 Å². The number of methoxy groups -OCH3 is 1. The summed E-state index contributed by atoms with van der Waals surface area (Å²) in [5.74, 6) is 0.429. The number of benzene rings is 2. The van der Waals surface area contributed by atoms with Gasteiger partial charge in [0.25, 0.3) is 0 Å². The van der Waals surface area contributed by atoms with Gasteiger partial charge in [0.15, 0.2) is 0 Å². The molecule has 4 aromatic rings. The van der Waals surface area contributed by atoms with Crippen molar-refractivity contribution in [2.45, 2.75) is 0 Å². The third-order valence-corrected chi connectivity index (χ3v) is 5.02. The quantitative estimate of drug-likeness (QED) is 0.500. The summed E-state index contributed by atoms with van der Waals surface area (Å²) in [5.41, 5.74) is 5.33. The predicted molar refractivity (Wildman–Crippen MR) is 103 cm³/mol. The monoisotopic (exact) mass is 376 g/mol. The van der Waals surface area contributed by atoms with Crippen LogP contribution in [0, 0.1) is 0 Å². The van der Waals surface area contributed by atoms with Gasteiger partial charge in [-0.2, -0.15) is 5.10 Å². The summed E-state index contributed by atoms with van der Waals surface area (Å²) in [6.07, 6.45) is 3.38. The van der Waals surface area contributed by atoms with Gasteiger partial charge in [0.1, 0.15) is 29.0 Å². The molecule has 0 unspecified atom stereocenters.